The summed E-state index contributed by atoms with van der Waals surface area (Å²) in [6.45, 7) is 1.82. The van der Waals surface area contributed by atoms with E-state index >= 15 is 0 Å². The van der Waals surface area contributed by atoms with E-state index in [2.05, 4.69) is 10.3 Å². The highest BCUT2D eigenvalue weighted by molar-refractivity contribution is 7.16. The molecule has 0 aliphatic carbocycles. The third kappa shape index (κ3) is 2.56. The lowest BCUT2D eigenvalue weighted by Gasteiger charge is -2.07. The maximum atomic E-state index is 8.75. The van der Waals surface area contributed by atoms with Gasteiger partial charge < -0.3 is 10.4 Å². The molecule has 0 fully saturated rings. The Kier molecular flexibility index (Phi) is 3.48. The summed E-state index contributed by atoms with van der Waals surface area (Å²) in [4.78, 5) is 4.29. The molecule has 1 aromatic heterocycles. The van der Waals surface area contributed by atoms with Crippen LogP contribution in [-0.4, -0.2) is 22.7 Å². The number of aromatic nitrogens is 1. The minimum atomic E-state index is -0.0891. The van der Waals surface area contributed by atoms with Crippen LogP contribution in [0.2, 0.25) is 5.15 Å². The molecule has 0 aliphatic rings. The Morgan fingerprint density at radius 3 is 3.00 bits per heavy atom. The van der Waals surface area contributed by atoms with Crippen LogP contribution in [0.5, 0.6) is 0 Å². The second-order valence-electron chi connectivity index (χ2n) is 2.48. The zero-order chi connectivity index (χ0) is 9.84. The van der Waals surface area contributed by atoms with Crippen molar-refractivity contribution in [2.45, 2.75) is 13.0 Å². The van der Waals surface area contributed by atoms with E-state index in [1.165, 1.54) is 11.3 Å². The molecule has 0 aliphatic heterocycles. The first-order valence-electron chi connectivity index (χ1n) is 3.61. The van der Waals surface area contributed by atoms with E-state index in [-0.39, 0.29) is 17.8 Å². The van der Waals surface area contributed by atoms with E-state index in [4.69, 9.17) is 22.0 Å². The summed E-state index contributed by atoms with van der Waals surface area (Å²) in [5.74, 6) is 0. The molecule has 1 aromatic rings. The van der Waals surface area contributed by atoms with Gasteiger partial charge in [0, 0.05) is 6.04 Å². The van der Waals surface area contributed by atoms with Gasteiger partial charge >= 0.3 is 0 Å². The van der Waals surface area contributed by atoms with Gasteiger partial charge in [0.25, 0.3) is 0 Å². The Morgan fingerprint density at radius 1 is 1.85 bits per heavy atom. The van der Waals surface area contributed by atoms with Crippen molar-refractivity contribution in [3.8, 4) is 6.07 Å². The van der Waals surface area contributed by atoms with Crippen LogP contribution in [0.3, 0.4) is 0 Å². The first-order chi connectivity index (χ1) is 6.17. The first-order valence-corrected chi connectivity index (χ1v) is 4.80. The molecule has 70 valence electrons. The van der Waals surface area contributed by atoms with Gasteiger partial charge in [-0.2, -0.15) is 5.26 Å². The van der Waals surface area contributed by atoms with Gasteiger partial charge in [-0.25, -0.2) is 4.98 Å². The van der Waals surface area contributed by atoms with E-state index in [0.29, 0.717) is 10.0 Å². The number of nitrogens with one attached hydrogen (secondary N) is 1. The summed E-state index contributed by atoms with van der Waals surface area (Å²) in [5.41, 5.74) is 0. The van der Waals surface area contributed by atoms with Crippen molar-refractivity contribution in [2.75, 3.05) is 11.9 Å². The van der Waals surface area contributed by atoms with Gasteiger partial charge in [-0.1, -0.05) is 22.9 Å². The Balaban J connectivity index is 2.75. The summed E-state index contributed by atoms with van der Waals surface area (Å²) in [6.07, 6.45) is 0. The Labute approximate surface area is 84.8 Å². The highest BCUT2D eigenvalue weighted by Gasteiger charge is 2.09. The number of nitriles is 1. The summed E-state index contributed by atoms with van der Waals surface area (Å²) < 4.78 is 0. The molecule has 0 saturated heterocycles. The third-order valence-electron chi connectivity index (χ3n) is 1.33. The largest absolute Gasteiger partial charge is 0.394 e. The first kappa shape index (κ1) is 10.3. The van der Waals surface area contributed by atoms with Gasteiger partial charge in [-0.15, -0.1) is 0 Å². The number of halogens is 1. The second-order valence-corrected chi connectivity index (χ2v) is 3.84. The molecule has 0 aromatic carbocycles. The van der Waals surface area contributed by atoms with Crippen LogP contribution < -0.4 is 5.32 Å². The van der Waals surface area contributed by atoms with Gasteiger partial charge in [0.15, 0.2) is 10.3 Å². The lowest BCUT2D eigenvalue weighted by molar-refractivity contribution is 0.281. The number of aliphatic hydroxyl groups is 1. The SMILES string of the molecule is CC(CO)Nc1nc(Cl)c(C#N)s1. The van der Waals surface area contributed by atoms with Crippen LogP contribution in [0.4, 0.5) is 5.13 Å². The van der Waals surface area contributed by atoms with Crippen molar-refractivity contribution in [3.63, 3.8) is 0 Å². The molecule has 0 spiro atoms. The van der Waals surface area contributed by atoms with Crippen molar-refractivity contribution in [3.05, 3.63) is 10.0 Å². The molecule has 1 rings (SSSR count). The van der Waals surface area contributed by atoms with Gasteiger partial charge in [0.1, 0.15) is 10.9 Å². The van der Waals surface area contributed by atoms with Crippen molar-refractivity contribution in [1.29, 1.82) is 5.26 Å². The fourth-order valence-electron chi connectivity index (χ4n) is 0.689. The van der Waals surface area contributed by atoms with Gasteiger partial charge in [0.05, 0.1) is 6.61 Å². The van der Waals surface area contributed by atoms with Crippen LogP contribution in [0.15, 0.2) is 0 Å². The summed E-state index contributed by atoms with van der Waals surface area (Å²) in [6, 6.07) is 1.84. The van der Waals surface area contributed by atoms with Crippen LogP contribution >= 0.6 is 22.9 Å². The van der Waals surface area contributed by atoms with E-state index < -0.39 is 0 Å². The normalized spacial score (nSPS) is 12.2. The highest BCUT2D eigenvalue weighted by Crippen LogP contribution is 2.26. The maximum Gasteiger partial charge on any atom is 0.185 e. The van der Waals surface area contributed by atoms with E-state index in [1.807, 2.05) is 6.07 Å². The van der Waals surface area contributed by atoms with Gasteiger partial charge in [-0.05, 0) is 6.92 Å². The van der Waals surface area contributed by atoms with E-state index in [9.17, 15) is 0 Å². The number of anilines is 1. The molecule has 0 saturated carbocycles. The molecule has 6 heteroatoms. The monoisotopic (exact) mass is 217 g/mol. The summed E-state index contributed by atoms with van der Waals surface area (Å²) >= 11 is 6.82. The fourth-order valence-corrected chi connectivity index (χ4v) is 1.75. The number of aliphatic hydroxyl groups excluding tert-OH is 1. The number of hydrogen-bond donors (Lipinski definition) is 2. The van der Waals surface area contributed by atoms with E-state index in [1.54, 1.807) is 6.92 Å². The minimum absolute atomic E-state index is 0.0130. The van der Waals surface area contributed by atoms with Gasteiger partial charge in [0.2, 0.25) is 0 Å². The number of thiazole rings is 1. The van der Waals surface area contributed by atoms with Crippen molar-refractivity contribution >= 4 is 28.1 Å². The average Bonchev–Trinajstić information content (AvgIpc) is 2.46. The zero-order valence-electron chi connectivity index (χ0n) is 6.91. The number of nitrogens with zero attached hydrogens (tertiary/aromatic N) is 2. The molecule has 0 amide bonds. The summed E-state index contributed by atoms with van der Waals surface area (Å²) in [5, 5.41) is 21.0. The molecular formula is C7H8ClN3OS. The molecular weight excluding hydrogens is 210 g/mol. The molecule has 13 heavy (non-hydrogen) atoms. The van der Waals surface area contributed by atoms with Crippen LogP contribution in [0.25, 0.3) is 0 Å². The van der Waals surface area contributed by atoms with Crippen molar-refractivity contribution in [2.24, 2.45) is 0 Å². The van der Waals surface area contributed by atoms with Crippen LogP contribution in [0, 0.1) is 11.3 Å². The molecule has 1 heterocycles. The van der Waals surface area contributed by atoms with Crippen molar-refractivity contribution < 1.29 is 5.11 Å². The zero-order valence-corrected chi connectivity index (χ0v) is 8.48. The van der Waals surface area contributed by atoms with Crippen LogP contribution in [-0.2, 0) is 0 Å². The quantitative estimate of drug-likeness (QED) is 0.805. The second kappa shape index (κ2) is 4.42. The molecule has 0 bridgehead atoms. The van der Waals surface area contributed by atoms with Crippen LogP contribution in [0.1, 0.15) is 11.8 Å². The molecule has 0 radical (unpaired) electrons. The Morgan fingerprint density at radius 2 is 2.54 bits per heavy atom. The molecule has 1 atom stereocenters. The Bertz CT molecular complexity index is 333. The average molecular weight is 218 g/mol. The Hall–Kier alpha value is -0.830. The van der Waals surface area contributed by atoms with Gasteiger partial charge in [-0.3, -0.25) is 0 Å². The lowest BCUT2D eigenvalue weighted by Crippen LogP contribution is -2.18. The molecule has 1 unspecified atom stereocenters. The topological polar surface area (TPSA) is 68.9 Å². The molecule has 2 N–H and O–H groups in total. The summed E-state index contributed by atoms with van der Waals surface area (Å²) in [7, 11) is 0. The highest BCUT2D eigenvalue weighted by atomic mass is 35.5. The molecule has 4 nitrogen and oxygen atoms in total. The standard InChI is InChI=1S/C7H8ClN3OS/c1-4(3-12)10-7-11-6(8)5(2-9)13-7/h4,12H,3H2,1H3,(H,10,11). The minimum Gasteiger partial charge on any atom is -0.394 e. The predicted octanol–water partition coefficient (Wildman–Crippen LogP) is 1.46. The fraction of sp³-hybridized carbons (Fsp3) is 0.429. The maximum absolute atomic E-state index is 8.75. The number of hydrogen-bond acceptors (Lipinski definition) is 5. The lowest BCUT2D eigenvalue weighted by atomic mass is 10.4. The van der Waals surface area contributed by atoms with E-state index in [0.717, 1.165) is 0 Å². The third-order valence-corrected chi connectivity index (χ3v) is 2.61. The van der Waals surface area contributed by atoms with Crippen molar-refractivity contribution in [1.82, 2.24) is 4.98 Å². The predicted molar refractivity (Wildman–Crippen MR) is 52.0 cm³/mol. The number of rotatable bonds is 3. The smallest absolute Gasteiger partial charge is 0.185 e.